The van der Waals surface area contributed by atoms with Crippen molar-refractivity contribution in [1.29, 1.82) is 0 Å². The molecule has 1 aromatic heterocycles. The van der Waals surface area contributed by atoms with Crippen LogP contribution >= 0.6 is 0 Å². The zero-order valence-electron chi connectivity index (χ0n) is 13.1. The molecule has 1 amide bonds. The normalized spacial score (nSPS) is 13.4. The summed E-state index contributed by atoms with van der Waals surface area (Å²) in [5.41, 5.74) is 3.12. The van der Waals surface area contributed by atoms with Crippen LogP contribution in [0.15, 0.2) is 0 Å². The van der Waals surface area contributed by atoms with Gasteiger partial charge in [-0.1, -0.05) is 0 Å². The highest BCUT2D eigenvalue weighted by Gasteiger charge is 2.18. The van der Waals surface area contributed by atoms with Crippen molar-refractivity contribution in [3.8, 4) is 0 Å². The van der Waals surface area contributed by atoms with Crippen LogP contribution in [0.5, 0.6) is 0 Å². The van der Waals surface area contributed by atoms with E-state index in [0.717, 1.165) is 11.4 Å². The Hall–Kier alpha value is -1.36. The molecule has 0 radical (unpaired) electrons. The summed E-state index contributed by atoms with van der Waals surface area (Å²) in [5, 5.41) is 10.6. The van der Waals surface area contributed by atoms with Gasteiger partial charge in [0.2, 0.25) is 5.91 Å². The highest BCUT2D eigenvalue weighted by atomic mass is 16.2. The Balaban J connectivity index is 2.61. The summed E-state index contributed by atoms with van der Waals surface area (Å²) in [6, 6.07) is 0.111. The molecule has 0 bridgehead atoms. The van der Waals surface area contributed by atoms with Crippen molar-refractivity contribution in [2.45, 2.75) is 53.1 Å². The SMILES string of the molecule is Cc1nn(C)c(C)c1C(C)NCC(=O)NC(C)(C)C. The summed E-state index contributed by atoms with van der Waals surface area (Å²) in [7, 11) is 1.94. The lowest BCUT2D eigenvalue weighted by atomic mass is 10.1. The van der Waals surface area contributed by atoms with Crippen LogP contribution in [0.3, 0.4) is 0 Å². The van der Waals surface area contributed by atoms with Crippen LogP contribution in [0.25, 0.3) is 0 Å². The fourth-order valence-electron chi connectivity index (χ4n) is 2.23. The number of hydrogen-bond donors (Lipinski definition) is 2. The van der Waals surface area contributed by atoms with Crippen LogP contribution in [0.2, 0.25) is 0 Å². The molecule has 1 atom stereocenters. The quantitative estimate of drug-likeness (QED) is 0.870. The maximum atomic E-state index is 11.8. The van der Waals surface area contributed by atoms with Gasteiger partial charge in [0.1, 0.15) is 0 Å². The first-order valence-electron chi connectivity index (χ1n) is 6.66. The fourth-order valence-corrected chi connectivity index (χ4v) is 2.23. The topological polar surface area (TPSA) is 59.0 Å². The second-order valence-electron chi connectivity index (χ2n) is 6.11. The van der Waals surface area contributed by atoms with Crippen molar-refractivity contribution in [3.63, 3.8) is 0 Å². The molecular formula is C14H26N4O. The molecule has 0 aliphatic rings. The van der Waals surface area contributed by atoms with Gasteiger partial charge < -0.3 is 10.6 Å². The maximum Gasteiger partial charge on any atom is 0.234 e. The number of hydrogen-bond acceptors (Lipinski definition) is 3. The number of nitrogens with zero attached hydrogens (tertiary/aromatic N) is 2. The van der Waals surface area contributed by atoms with E-state index < -0.39 is 0 Å². The fraction of sp³-hybridized carbons (Fsp3) is 0.714. The molecule has 0 aliphatic carbocycles. The molecule has 0 fully saturated rings. The Bertz CT molecular complexity index is 457. The predicted octanol–water partition coefficient (Wildman–Crippen LogP) is 1.60. The second kappa shape index (κ2) is 5.74. The zero-order valence-corrected chi connectivity index (χ0v) is 13.1. The van der Waals surface area contributed by atoms with Crippen molar-refractivity contribution in [2.75, 3.05) is 6.54 Å². The first kappa shape index (κ1) is 15.7. The summed E-state index contributed by atoms with van der Waals surface area (Å²) < 4.78 is 1.87. The minimum Gasteiger partial charge on any atom is -0.350 e. The Morgan fingerprint density at radius 1 is 1.37 bits per heavy atom. The molecule has 0 saturated carbocycles. The van der Waals surface area contributed by atoms with Crippen molar-refractivity contribution >= 4 is 5.91 Å². The summed E-state index contributed by atoms with van der Waals surface area (Å²) in [4.78, 5) is 11.8. The second-order valence-corrected chi connectivity index (χ2v) is 6.11. The molecule has 1 heterocycles. The van der Waals surface area contributed by atoms with Gasteiger partial charge in [-0.3, -0.25) is 9.48 Å². The van der Waals surface area contributed by atoms with Crippen molar-refractivity contribution in [1.82, 2.24) is 20.4 Å². The lowest BCUT2D eigenvalue weighted by Gasteiger charge is -2.22. The van der Waals surface area contributed by atoms with Gasteiger partial charge >= 0.3 is 0 Å². The Morgan fingerprint density at radius 2 is 1.95 bits per heavy atom. The number of carbonyl (C=O) groups excluding carboxylic acids is 1. The Labute approximate surface area is 115 Å². The summed E-state index contributed by atoms with van der Waals surface area (Å²) >= 11 is 0. The number of carbonyl (C=O) groups is 1. The molecule has 1 rings (SSSR count). The maximum absolute atomic E-state index is 11.8. The number of rotatable bonds is 4. The molecule has 0 aliphatic heterocycles. The van der Waals surface area contributed by atoms with Gasteiger partial charge in [0.15, 0.2) is 0 Å². The zero-order chi connectivity index (χ0) is 14.8. The lowest BCUT2D eigenvalue weighted by Crippen LogP contribution is -2.45. The minimum atomic E-state index is -0.192. The number of nitrogens with one attached hydrogen (secondary N) is 2. The van der Waals surface area contributed by atoms with Gasteiger partial charge in [-0.15, -0.1) is 0 Å². The highest BCUT2D eigenvalue weighted by molar-refractivity contribution is 5.78. The molecule has 1 aromatic rings. The van der Waals surface area contributed by atoms with E-state index in [1.807, 2.05) is 46.3 Å². The van der Waals surface area contributed by atoms with Crippen molar-refractivity contribution in [2.24, 2.45) is 7.05 Å². The van der Waals surface area contributed by atoms with Crippen LogP contribution in [0, 0.1) is 13.8 Å². The monoisotopic (exact) mass is 266 g/mol. The van der Waals surface area contributed by atoms with Crippen molar-refractivity contribution in [3.05, 3.63) is 17.0 Å². The molecule has 2 N–H and O–H groups in total. The van der Waals surface area contributed by atoms with Crippen LogP contribution in [0.4, 0.5) is 0 Å². The molecule has 19 heavy (non-hydrogen) atoms. The van der Waals surface area contributed by atoms with E-state index >= 15 is 0 Å². The van der Waals surface area contributed by atoms with Gasteiger partial charge in [0.25, 0.3) is 0 Å². The van der Waals surface area contributed by atoms with Gasteiger partial charge in [-0.25, -0.2) is 0 Å². The summed E-state index contributed by atoms with van der Waals surface area (Å²) in [6.07, 6.45) is 0. The number of aromatic nitrogens is 2. The van der Waals surface area contributed by atoms with Crippen LogP contribution in [-0.2, 0) is 11.8 Å². The van der Waals surface area contributed by atoms with Gasteiger partial charge in [0, 0.05) is 29.9 Å². The van der Waals surface area contributed by atoms with E-state index in [1.165, 1.54) is 5.56 Å². The molecule has 1 unspecified atom stereocenters. The Kier molecular flexibility index (Phi) is 4.74. The molecule has 108 valence electrons. The van der Waals surface area contributed by atoms with E-state index in [1.54, 1.807) is 0 Å². The number of aryl methyl sites for hydroxylation is 2. The highest BCUT2D eigenvalue weighted by Crippen LogP contribution is 2.20. The predicted molar refractivity (Wildman–Crippen MR) is 77.0 cm³/mol. The standard InChI is InChI=1S/C14H26N4O/c1-9(13-10(2)17-18(7)11(13)3)15-8-12(19)16-14(4,5)6/h9,15H,8H2,1-7H3,(H,16,19). The van der Waals surface area contributed by atoms with Crippen molar-refractivity contribution < 1.29 is 4.79 Å². The van der Waals surface area contributed by atoms with Gasteiger partial charge in [-0.05, 0) is 41.5 Å². The van der Waals surface area contributed by atoms with E-state index in [9.17, 15) is 4.79 Å². The molecule has 5 heteroatoms. The van der Waals surface area contributed by atoms with E-state index in [2.05, 4.69) is 22.7 Å². The van der Waals surface area contributed by atoms with Crippen LogP contribution in [0.1, 0.15) is 50.7 Å². The minimum absolute atomic E-state index is 0.0125. The molecule has 0 spiro atoms. The van der Waals surface area contributed by atoms with Crippen LogP contribution < -0.4 is 10.6 Å². The smallest absolute Gasteiger partial charge is 0.234 e. The largest absolute Gasteiger partial charge is 0.350 e. The molecule has 0 saturated heterocycles. The number of amides is 1. The summed E-state index contributed by atoms with van der Waals surface area (Å²) in [5.74, 6) is 0.0125. The van der Waals surface area contributed by atoms with Gasteiger partial charge in [-0.2, -0.15) is 5.10 Å². The lowest BCUT2D eigenvalue weighted by molar-refractivity contribution is -0.121. The van der Waals surface area contributed by atoms with E-state index in [0.29, 0.717) is 6.54 Å². The molecule has 5 nitrogen and oxygen atoms in total. The Morgan fingerprint density at radius 3 is 2.37 bits per heavy atom. The van der Waals surface area contributed by atoms with E-state index in [4.69, 9.17) is 0 Å². The third-order valence-corrected chi connectivity index (χ3v) is 3.08. The first-order chi connectivity index (χ1) is 8.61. The summed E-state index contributed by atoms with van der Waals surface area (Å²) in [6.45, 7) is 12.3. The van der Waals surface area contributed by atoms with Gasteiger partial charge in [0.05, 0.1) is 12.2 Å². The third kappa shape index (κ3) is 4.35. The van der Waals surface area contributed by atoms with E-state index in [-0.39, 0.29) is 17.5 Å². The molecular weight excluding hydrogens is 240 g/mol. The first-order valence-corrected chi connectivity index (χ1v) is 6.66. The average molecular weight is 266 g/mol. The molecule has 0 aromatic carbocycles. The third-order valence-electron chi connectivity index (χ3n) is 3.08. The van der Waals surface area contributed by atoms with Crippen LogP contribution in [-0.4, -0.2) is 27.8 Å². The average Bonchev–Trinajstić information content (AvgIpc) is 2.47.